The molecule has 0 amide bonds. The first-order valence-corrected chi connectivity index (χ1v) is 5.51. The normalized spacial score (nSPS) is 11.0. The van der Waals surface area contributed by atoms with E-state index in [1.165, 1.54) is 10.9 Å². The molecule has 2 aromatic rings. The first kappa shape index (κ1) is 11.8. The van der Waals surface area contributed by atoms with Gasteiger partial charge >= 0.3 is 0 Å². The molecule has 2 heteroatoms. The summed E-state index contributed by atoms with van der Waals surface area (Å²) in [6.45, 7) is 10.6. The molecule has 0 bridgehead atoms. The molecule has 0 spiro atoms. The van der Waals surface area contributed by atoms with Gasteiger partial charge in [-0.3, -0.25) is 5.10 Å². The lowest BCUT2D eigenvalue weighted by atomic mass is 9.87. The SMILES string of the molecule is CC.CC(C)(C)c1ccc2cn[nH]c2c1. The second-order valence-corrected chi connectivity index (χ2v) is 4.42. The van der Waals surface area contributed by atoms with Crippen LogP contribution in [-0.4, -0.2) is 10.2 Å². The van der Waals surface area contributed by atoms with E-state index in [1.807, 2.05) is 20.0 Å². The van der Waals surface area contributed by atoms with Crippen LogP contribution in [0.2, 0.25) is 0 Å². The minimum absolute atomic E-state index is 0.208. The number of benzene rings is 1. The fourth-order valence-corrected chi connectivity index (χ4v) is 1.40. The van der Waals surface area contributed by atoms with Crippen LogP contribution in [0, 0.1) is 0 Å². The Bertz CT molecular complexity index is 421. The second kappa shape index (κ2) is 4.47. The molecule has 2 nitrogen and oxygen atoms in total. The Labute approximate surface area is 91.7 Å². The topological polar surface area (TPSA) is 28.7 Å². The number of hydrogen-bond donors (Lipinski definition) is 1. The molecule has 15 heavy (non-hydrogen) atoms. The highest BCUT2D eigenvalue weighted by molar-refractivity contribution is 5.78. The number of nitrogens with one attached hydrogen (secondary N) is 1. The van der Waals surface area contributed by atoms with Crippen LogP contribution >= 0.6 is 0 Å². The van der Waals surface area contributed by atoms with Gasteiger partial charge in [-0.15, -0.1) is 0 Å². The van der Waals surface area contributed by atoms with Crippen LogP contribution in [0.1, 0.15) is 40.2 Å². The highest BCUT2D eigenvalue weighted by atomic mass is 15.1. The standard InChI is InChI=1S/C11H14N2.C2H6/c1-11(2,3)9-5-4-8-7-12-13-10(8)6-9;1-2/h4-7H,1-3H3,(H,12,13);1-2H3. The highest BCUT2D eigenvalue weighted by Gasteiger charge is 2.13. The maximum atomic E-state index is 4.00. The van der Waals surface area contributed by atoms with Crippen LogP contribution in [0.5, 0.6) is 0 Å². The number of aromatic nitrogens is 2. The van der Waals surface area contributed by atoms with Crippen molar-refractivity contribution in [3.05, 3.63) is 30.0 Å². The molecule has 1 heterocycles. The largest absolute Gasteiger partial charge is 0.278 e. The average Bonchev–Trinajstić information content (AvgIpc) is 2.66. The van der Waals surface area contributed by atoms with Crippen molar-refractivity contribution in [3.8, 4) is 0 Å². The Hall–Kier alpha value is -1.31. The van der Waals surface area contributed by atoms with Crippen LogP contribution in [0.15, 0.2) is 24.4 Å². The van der Waals surface area contributed by atoms with E-state index >= 15 is 0 Å². The van der Waals surface area contributed by atoms with Gasteiger partial charge in [0.15, 0.2) is 0 Å². The molecule has 1 aromatic heterocycles. The summed E-state index contributed by atoms with van der Waals surface area (Å²) in [5.74, 6) is 0. The minimum Gasteiger partial charge on any atom is -0.278 e. The summed E-state index contributed by atoms with van der Waals surface area (Å²) in [6.07, 6.45) is 1.85. The van der Waals surface area contributed by atoms with E-state index < -0.39 is 0 Å². The number of aromatic amines is 1. The molecule has 0 fully saturated rings. The lowest BCUT2D eigenvalue weighted by Gasteiger charge is -2.18. The lowest BCUT2D eigenvalue weighted by molar-refractivity contribution is 0.591. The van der Waals surface area contributed by atoms with E-state index in [1.54, 1.807) is 0 Å². The summed E-state index contributed by atoms with van der Waals surface area (Å²) in [6, 6.07) is 6.44. The summed E-state index contributed by atoms with van der Waals surface area (Å²) in [4.78, 5) is 0. The molecule has 0 radical (unpaired) electrons. The van der Waals surface area contributed by atoms with Crippen LogP contribution in [0.4, 0.5) is 0 Å². The number of fused-ring (bicyclic) bond motifs is 1. The van der Waals surface area contributed by atoms with E-state index in [0.717, 1.165) is 5.52 Å². The number of rotatable bonds is 0. The Balaban J connectivity index is 0.000000531. The van der Waals surface area contributed by atoms with Crippen molar-refractivity contribution in [2.45, 2.75) is 40.0 Å². The molecule has 0 aliphatic heterocycles. The van der Waals surface area contributed by atoms with Gasteiger partial charge < -0.3 is 0 Å². The maximum absolute atomic E-state index is 4.00. The average molecular weight is 204 g/mol. The Morgan fingerprint density at radius 2 is 1.80 bits per heavy atom. The van der Waals surface area contributed by atoms with Crippen molar-refractivity contribution in [1.29, 1.82) is 0 Å². The Kier molecular flexibility index (Phi) is 3.51. The molecule has 0 saturated carbocycles. The van der Waals surface area contributed by atoms with E-state index in [2.05, 4.69) is 49.2 Å². The first-order valence-electron chi connectivity index (χ1n) is 5.51. The van der Waals surface area contributed by atoms with Crippen LogP contribution < -0.4 is 0 Å². The summed E-state index contributed by atoms with van der Waals surface area (Å²) in [7, 11) is 0. The first-order chi connectivity index (χ1) is 7.07. The molecule has 0 unspecified atom stereocenters. The van der Waals surface area contributed by atoms with E-state index in [9.17, 15) is 0 Å². The highest BCUT2D eigenvalue weighted by Crippen LogP contribution is 2.24. The fraction of sp³-hybridized carbons (Fsp3) is 0.462. The third-order valence-electron chi connectivity index (χ3n) is 2.31. The van der Waals surface area contributed by atoms with E-state index in [0.29, 0.717) is 0 Å². The summed E-state index contributed by atoms with van der Waals surface area (Å²) >= 11 is 0. The maximum Gasteiger partial charge on any atom is 0.0653 e. The molecule has 2 rings (SSSR count). The van der Waals surface area contributed by atoms with Crippen LogP contribution in [0.25, 0.3) is 10.9 Å². The van der Waals surface area contributed by atoms with Gasteiger partial charge in [0.1, 0.15) is 0 Å². The minimum atomic E-state index is 0.208. The van der Waals surface area contributed by atoms with Crippen molar-refractivity contribution in [2.75, 3.05) is 0 Å². The molecular weight excluding hydrogens is 184 g/mol. The van der Waals surface area contributed by atoms with E-state index in [-0.39, 0.29) is 5.41 Å². The van der Waals surface area contributed by atoms with Crippen LogP contribution in [0.3, 0.4) is 0 Å². The summed E-state index contributed by atoms with van der Waals surface area (Å²) in [5.41, 5.74) is 2.66. The predicted octanol–water partition coefficient (Wildman–Crippen LogP) is 3.89. The molecule has 1 N–H and O–H groups in total. The third-order valence-corrected chi connectivity index (χ3v) is 2.31. The van der Waals surface area contributed by atoms with Gasteiger partial charge in [0, 0.05) is 5.39 Å². The monoisotopic (exact) mass is 204 g/mol. The van der Waals surface area contributed by atoms with Gasteiger partial charge in [-0.25, -0.2) is 0 Å². The second-order valence-electron chi connectivity index (χ2n) is 4.42. The van der Waals surface area contributed by atoms with Gasteiger partial charge in [-0.1, -0.05) is 46.8 Å². The molecule has 0 aliphatic carbocycles. The Morgan fingerprint density at radius 3 is 2.40 bits per heavy atom. The molecule has 0 aliphatic rings. The van der Waals surface area contributed by atoms with Gasteiger partial charge in [-0.05, 0) is 17.0 Å². The molecule has 82 valence electrons. The number of hydrogen-bond acceptors (Lipinski definition) is 1. The van der Waals surface area contributed by atoms with Crippen molar-refractivity contribution >= 4 is 10.9 Å². The van der Waals surface area contributed by atoms with Crippen molar-refractivity contribution in [3.63, 3.8) is 0 Å². The van der Waals surface area contributed by atoms with Crippen molar-refractivity contribution in [2.24, 2.45) is 0 Å². The number of nitrogens with zero attached hydrogens (tertiary/aromatic N) is 1. The van der Waals surface area contributed by atoms with Gasteiger partial charge in [0.2, 0.25) is 0 Å². The summed E-state index contributed by atoms with van der Waals surface area (Å²) in [5, 5.41) is 8.16. The van der Waals surface area contributed by atoms with Crippen molar-refractivity contribution in [1.82, 2.24) is 10.2 Å². The quantitative estimate of drug-likeness (QED) is 0.693. The van der Waals surface area contributed by atoms with Gasteiger partial charge in [0.25, 0.3) is 0 Å². The lowest BCUT2D eigenvalue weighted by Crippen LogP contribution is -2.10. The number of H-pyrrole nitrogens is 1. The van der Waals surface area contributed by atoms with Gasteiger partial charge in [-0.2, -0.15) is 5.10 Å². The molecular formula is C13H20N2. The van der Waals surface area contributed by atoms with Crippen molar-refractivity contribution < 1.29 is 0 Å². The molecule has 0 atom stereocenters. The van der Waals surface area contributed by atoms with Crippen LogP contribution in [-0.2, 0) is 5.41 Å². The van der Waals surface area contributed by atoms with Gasteiger partial charge in [0.05, 0.1) is 11.7 Å². The molecule has 1 aromatic carbocycles. The zero-order valence-corrected chi connectivity index (χ0v) is 10.3. The fourth-order valence-electron chi connectivity index (χ4n) is 1.40. The van der Waals surface area contributed by atoms with E-state index in [4.69, 9.17) is 0 Å². The molecule has 0 saturated heterocycles. The Morgan fingerprint density at radius 1 is 1.13 bits per heavy atom. The predicted molar refractivity (Wildman–Crippen MR) is 66.1 cm³/mol. The third kappa shape index (κ3) is 2.58. The zero-order chi connectivity index (χ0) is 11.5. The summed E-state index contributed by atoms with van der Waals surface area (Å²) < 4.78 is 0. The zero-order valence-electron chi connectivity index (χ0n) is 10.3. The smallest absolute Gasteiger partial charge is 0.0653 e.